The number of fused-ring (bicyclic) bond motifs is 2. The number of hydrogen-bond acceptors (Lipinski definition) is 5. The standard InChI is InChI=1S/C25H33NO5/c1-3-4-7-18-14-23(27)31-22-15-20(9-10-21(18)22)30-17(2)24(28)26-13-12-25(29)11-6-5-8-19(25)16-26/h9-10,14-15,17,19,29H,3-8,11-13,16H2,1-2H3/t17-,19-,25+/m1/s1. The van der Waals surface area contributed by atoms with Gasteiger partial charge in [0.05, 0.1) is 5.60 Å². The van der Waals surface area contributed by atoms with Crippen LogP contribution in [0.4, 0.5) is 0 Å². The lowest BCUT2D eigenvalue weighted by atomic mass is 9.71. The first-order valence-corrected chi connectivity index (χ1v) is 11.6. The zero-order valence-corrected chi connectivity index (χ0v) is 18.6. The first kappa shape index (κ1) is 21.9. The van der Waals surface area contributed by atoms with Gasteiger partial charge in [0.25, 0.3) is 5.91 Å². The summed E-state index contributed by atoms with van der Waals surface area (Å²) in [4.78, 5) is 26.8. The van der Waals surface area contributed by atoms with Crippen LogP contribution in [0.5, 0.6) is 5.75 Å². The van der Waals surface area contributed by atoms with Gasteiger partial charge in [-0.3, -0.25) is 4.79 Å². The van der Waals surface area contributed by atoms with E-state index in [1.54, 1.807) is 19.1 Å². The number of ether oxygens (including phenoxy) is 1. The Labute approximate surface area is 183 Å². The maximum atomic E-state index is 13.0. The van der Waals surface area contributed by atoms with Crippen molar-refractivity contribution in [1.29, 1.82) is 0 Å². The molecule has 1 aromatic carbocycles. The number of benzene rings is 1. The fraction of sp³-hybridized carbons (Fsp3) is 0.600. The predicted molar refractivity (Wildman–Crippen MR) is 119 cm³/mol. The van der Waals surface area contributed by atoms with E-state index in [1.165, 1.54) is 0 Å². The minimum Gasteiger partial charge on any atom is -0.481 e. The summed E-state index contributed by atoms with van der Waals surface area (Å²) in [6.45, 7) is 5.03. The van der Waals surface area contributed by atoms with Gasteiger partial charge in [-0.25, -0.2) is 4.79 Å². The molecule has 2 aromatic rings. The first-order valence-electron chi connectivity index (χ1n) is 11.6. The molecule has 0 bridgehead atoms. The van der Waals surface area contributed by atoms with Crippen LogP contribution in [-0.4, -0.2) is 40.7 Å². The van der Waals surface area contributed by atoms with Crippen molar-refractivity contribution >= 4 is 16.9 Å². The summed E-state index contributed by atoms with van der Waals surface area (Å²) in [7, 11) is 0. The average Bonchev–Trinajstić information content (AvgIpc) is 2.75. The molecule has 168 valence electrons. The van der Waals surface area contributed by atoms with Crippen LogP contribution in [0, 0.1) is 5.92 Å². The van der Waals surface area contributed by atoms with Crippen molar-refractivity contribution in [2.75, 3.05) is 13.1 Å². The zero-order chi connectivity index (χ0) is 22.0. The number of nitrogens with zero attached hydrogens (tertiary/aromatic N) is 1. The predicted octanol–water partition coefficient (Wildman–Crippen LogP) is 4.06. The molecule has 6 nitrogen and oxygen atoms in total. The SMILES string of the molecule is CCCCc1cc(=O)oc2cc(O[C@H](C)C(=O)N3CC[C@@]4(O)CCCC[C@@H]4C3)ccc12. The van der Waals surface area contributed by atoms with Gasteiger partial charge in [0, 0.05) is 36.5 Å². The van der Waals surface area contributed by atoms with Crippen LogP contribution in [0.1, 0.15) is 64.4 Å². The molecule has 2 aliphatic rings. The monoisotopic (exact) mass is 427 g/mol. The van der Waals surface area contributed by atoms with Crippen molar-refractivity contribution in [2.24, 2.45) is 5.92 Å². The van der Waals surface area contributed by atoms with E-state index in [0.29, 0.717) is 30.8 Å². The molecule has 2 fully saturated rings. The van der Waals surface area contributed by atoms with Gasteiger partial charge in [-0.05, 0) is 56.7 Å². The van der Waals surface area contributed by atoms with Crippen LogP contribution in [0.25, 0.3) is 11.0 Å². The Morgan fingerprint density at radius 3 is 2.97 bits per heavy atom. The number of carbonyl (C=O) groups excluding carboxylic acids is 1. The Hall–Kier alpha value is -2.34. The van der Waals surface area contributed by atoms with E-state index in [1.807, 2.05) is 17.0 Å². The molecule has 1 N–H and O–H groups in total. The Morgan fingerprint density at radius 2 is 2.16 bits per heavy atom. The van der Waals surface area contributed by atoms with Gasteiger partial charge >= 0.3 is 5.63 Å². The Bertz CT molecular complexity index is 999. The van der Waals surface area contributed by atoms with Gasteiger partial charge in [0.1, 0.15) is 11.3 Å². The fourth-order valence-electron chi connectivity index (χ4n) is 5.14. The molecule has 1 saturated carbocycles. The summed E-state index contributed by atoms with van der Waals surface area (Å²) in [6, 6.07) is 7.00. The van der Waals surface area contributed by atoms with E-state index < -0.39 is 11.7 Å². The molecule has 3 atom stereocenters. The van der Waals surface area contributed by atoms with E-state index in [-0.39, 0.29) is 17.5 Å². The highest BCUT2D eigenvalue weighted by Gasteiger charge is 2.44. The van der Waals surface area contributed by atoms with Gasteiger partial charge in [-0.2, -0.15) is 0 Å². The van der Waals surface area contributed by atoms with E-state index >= 15 is 0 Å². The highest BCUT2D eigenvalue weighted by molar-refractivity contribution is 5.83. The van der Waals surface area contributed by atoms with Crippen molar-refractivity contribution in [3.63, 3.8) is 0 Å². The largest absolute Gasteiger partial charge is 0.481 e. The third kappa shape index (κ3) is 4.64. The minimum absolute atomic E-state index is 0.0640. The van der Waals surface area contributed by atoms with Crippen molar-refractivity contribution in [3.05, 3.63) is 40.2 Å². The number of hydrogen-bond donors (Lipinski definition) is 1. The molecule has 0 spiro atoms. The average molecular weight is 428 g/mol. The summed E-state index contributed by atoms with van der Waals surface area (Å²) >= 11 is 0. The Kier molecular flexibility index (Phi) is 6.37. The van der Waals surface area contributed by atoms with Gasteiger partial charge in [0.2, 0.25) is 0 Å². The smallest absolute Gasteiger partial charge is 0.336 e. The summed E-state index contributed by atoms with van der Waals surface area (Å²) in [5.41, 5.74) is 0.496. The normalized spacial score (nSPS) is 24.6. The Balaban J connectivity index is 1.46. The fourth-order valence-corrected chi connectivity index (χ4v) is 5.14. The molecule has 1 amide bonds. The molecule has 4 rings (SSSR count). The second kappa shape index (κ2) is 9.03. The third-order valence-electron chi connectivity index (χ3n) is 7.00. The molecule has 1 aliphatic heterocycles. The maximum absolute atomic E-state index is 13.0. The van der Waals surface area contributed by atoms with Crippen molar-refractivity contribution in [3.8, 4) is 5.75 Å². The summed E-state index contributed by atoms with van der Waals surface area (Å²) < 4.78 is 11.3. The number of aryl methyl sites for hydroxylation is 1. The number of rotatable bonds is 6. The lowest BCUT2D eigenvalue weighted by Gasteiger charge is -2.47. The molecule has 1 saturated heterocycles. The summed E-state index contributed by atoms with van der Waals surface area (Å²) in [5, 5.41) is 11.8. The van der Waals surface area contributed by atoms with E-state index in [9.17, 15) is 14.7 Å². The maximum Gasteiger partial charge on any atom is 0.336 e. The summed E-state index contributed by atoms with van der Waals surface area (Å²) in [5.74, 6) is 0.601. The lowest BCUT2D eigenvalue weighted by molar-refractivity contribution is -0.149. The summed E-state index contributed by atoms with van der Waals surface area (Å²) in [6.07, 6.45) is 6.87. The van der Waals surface area contributed by atoms with Crippen LogP contribution in [-0.2, 0) is 11.2 Å². The lowest BCUT2D eigenvalue weighted by Crippen LogP contribution is -2.56. The second-order valence-electron chi connectivity index (χ2n) is 9.19. The van der Waals surface area contributed by atoms with E-state index in [2.05, 4.69) is 6.92 Å². The number of carbonyl (C=O) groups is 1. The van der Waals surface area contributed by atoms with Crippen LogP contribution in [0.15, 0.2) is 33.5 Å². The molecule has 6 heteroatoms. The molecule has 0 unspecified atom stereocenters. The third-order valence-corrected chi connectivity index (χ3v) is 7.00. The van der Waals surface area contributed by atoms with E-state index in [0.717, 1.165) is 55.9 Å². The van der Waals surface area contributed by atoms with Gasteiger partial charge < -0.3 is 19.2 Å². The minimum atomic E-state index is -0.651. The first-order chi connectivity index (χ1) is 14.9. The number of likely N-dealkylation sites (tertiary alicyclic amines) is 1. The highest BCUT2D eigenvalue weighted by Crippen LogP contribution is 2.40. The van der Waals surface area contributed by atoms with Gasteiger partial charge in [-0.15, -0.1) is 0 Å². The highest BCUT2D eigenvalue weighted by atomic mass is 16.5. The molecule has 1 aromatic heterocycles. The van der Waals surface area contributed by atoms with Crippen molar-refractivity contribution in [2.45, 2.75) is 76.9 Å². The molecule has 31 heavy (non-hydrogen) atoms. The van der Waals surface area contributed by atoms with Crippen LogP contribution in [0.2, 0.25) is 0 Å². The van der Waals surface area contributed by atoms with Gasteiger partial charge in [0.15, 0.2) is 6.10 Å². The zero-order valence-electron chi connectivity index (χ0n) is 18.6. The number of piperidine rings is 1. The van der Waals surface area contributed by atoms with Crippen molar-refractivity contribution < 1.29 is 19.1 Å². The van der Waals surface area contributed by atoms with Crippen LogP contribution >= 0.6 is 0 Å². The topological polar surface area (TPSA) is 80.0 Å². The molecule has 0 radical (unpaired) electrons. The Morgan fingerprint density at radius 1 is 1.32 bits per heavy atom. The number of amides is 1. The molecule has 1 aliphatic carbocycles. The molecular formula is C25H33NO5. The van der Waals surface area contributed by atoms with Crippen molar-refractivity contribution in [1.82, 2.24) is 4.90 Å². The second-order valence-corrected chi connectivity index (χ2v) is 9.19. The van der Waals surface area contributed by atoms with Crippen LogP contribution < -0.4 is 10.4 Å². The number of aliphatic hydroxyl groups is 1. The van der Waals surface area contributed by atoms with Crippen LogP contribution in [0.3, 0.4) is 0 Å². The van der Waals surface area contributed by atoms with Gasteiger partial charge in [-0.1, -0.05) is 26.2 Å². The van der Waals surface area contributed by atoms with E-state index in [4.69, 9.17) is 9.15 Å². The molecular weight excluding hydrogens is 394 g/mol. The number of unbranched alkanes of at least 4 members (excludes halogenated alkanes) is 1. The molecule has 2 heterocycles. The quantitative estimate of drug-likeness (QED) is 0.704.